The van der Waals surface area contributed by atoms with Gasteiger partial charge < -0.3 is 14.8 Å². The number of benzene rings is 2. The molecule has 0 aliphatic carbocycles. The zero-order valence-corrected chi connectivity index (χ0v) is 18.2. The molecule has 0 bridgehead atoms. The molecule has 2 atom stereocenters. The van der Waals surface area contributed by atoms with E-state index in [1.165, 1.54) is 23.8 Å². The first-order valence-corrected chi connectivity index (χ1v) is 10.5. The van der Waals surface area contributed by atoms with Crippen molar-refractivity contribution >= 4 is 21.8 Å². The van der Waals surface area contributed by atoms with Crippen LogP contribution in [0.25, 0.3) is 0 Å². The van der Waals surface area contributed by atoms with Gasteiger partial charge in [0.1, 0.15) is 11.6 Å². The summed E-state index contributed by atoms with van der Waals surface area (Å²) in [5, 5.41) is 3.01. The predicted octanol–water partition coefficient (Wildman–Crippen LogP) is 3.85. The largest absolute Gasteiger partial charge is 0.480 e. The second-order valence-corrected chi connectivity index (χ2v) is 8.01. The molecule has 7 heteroatoms. The van der Waals surface area contributed by atoms with Gasteiger partial charge in [0.05, 0.1) is 23.7 Å². The zero-order valence-electron chi connectivity index (χ0n) is 16.7. The molecule has 0 aromatic heterocycles. The van der Waals surface area contributed by atoms with E-state index in [1.807, 2.05) is 0 Å². The molecule has 29 heavy (non-hydrogen) atoms. The normalized spacial score (nSPS) is 16.8. The molecule has 1 aliphatic rings. The average molecular weight is 465 g/mol. The van der Waals surface area contributed by atoms with Crippen molar-refractivity contribution < 1.29 is 18.7 Å². The molecule has 1 heterocycles. The molecule has 1 saturated heterocycles. The Bertz CT molecular complexity index is 825. The highest BCUT2D eigenvalue weighted by atomic mass is 79.9. The Hall–Kier alpha value is -1.96. The van der Waals surface area contributed by atoms with Crippen molar-refractivity contribution in [2.24, 2.45) is 0 Å². The minimum atomic E-state index is -0.708. The van der Waals surface area contributed by atoms with Crippen LogP contribution in [-0.4, -0.2) is 49.8 Å². The Kier molecular flexibility index (Phi) is 7.64. The lowest BCUT2D eigenvalue weighted by atomic mass is 10.0. The Morgan fingerprint density at radius 2 is 1.93 bits per heavy atom. The zero-order chi connectivity index (χ0) is 20.8. The van der Waals surface area contributed by atoms with Gasteiger partial charge in [-0.25, -0.2) is 4.39 Å². The first-order valence-electron chi connectivity index (χ1n) is 9.72. The number of rotatable bonds is 7. The minimum Gasteiger partial charge on any atom is -0.480 e. The highest BCUT2D eigenvalue weighted by Gasteiger charge is 2.24. The number of hydrogen-bond acceptors (Lipinski definition) is 4. The lowest BCUT2D eigenvalue weighted by Crippen LogP contribution is -2.45. The van der Waals surface area contributed by atoms with Gasteiger partial charge in [-0.3, -0.25) is 9.69 Å². The second-order valence-electron chi connectivity index (χ2n) is 7.15. The Morgan fingerprint density at radius 1 is 1.24 bits per heavy atom. The van der Waals surface area contributed by atoms with Crippen molar-refractivity contribution in [2.45, 2.75) is 26.0 Å². The molecule has 3 rings (SSSR count). The number of hydrogen-bond donors (Lipinski definition) is 1. The van der Waals surface area contributed by atoms with E-state index in [4.69, 9.17) is 9.47 Å². The SMILES string of the molecule is Cc1ccc(C(CNC(=O)C(C)Oc2ccc(F)cc2Br)N2CCOCC2)cc1. The summed E-state index contributed by atoms with van der Waals surface area (Å²) in [6, 6.07) is 12.6. The summed E-state index contributed by atoms with van der Waals surface area (Å²) in [6.45, 7) is 7.23. The standard InChI is InChI=1S/C22H26BrFN2O3/c1-15-3-5-17(6-4-15)20(26-9-11-28-12-10-26)14-25-22(27)16(2)29-21-8-7-18(24)13-19(21)23/h3-8,13,16,20H,9-12,14H2,1-2H3,(H,25,27). The molecule has 0 radical (unpaired) electrons. The monoisotopic (exact) mass is 464 g/mol. The number of amides is 1. The molecule has 1 amide bonds. The van der Waals surface area contributed by atoms with E-state index in [9.17, 15) is 9.18 Å². The molecule has 2 aromatic rings. The van der Waals surface area contributed by atoms with Gasteiger partial charge in [0.2, 0.25) is 0 Å². The Morgan fingerprint density at radius 3 is 2.59 bits per heavy atom. The van der Waals surface area contributed by atoms with Crippen molar-refractivity contribution in [3.8, 4) is 5.75 Å². The molecule has 2 unspecified atom stereocenters. The first-order chi connectivity index (χ1) is 13.9. The molecule has 1 N–H and O–H groups in total. The van der Waals surface area contributed by atoms with Gasteiger partial charge in [-0.1, -0.05) is 29.8 Å². The van der Waals surface area contributed by atoms with Gasteiger partial charge in [-0.2, -0.15) is 0 Å². The van der Waals surface area contributed by atoms with Crippen molar-refractivity contribution in [2.75, 3.05) is 32.8 Å². The first kappa shape index (κ1) is 21.7. The van der Waals surface area contributed by atoms with E-state index in [2.05, 4.69) is 57.3 Å². The fourth-order valence-corrected chi connectivity index (χ4v) is 3.74. The van der Waals surface area contributed by atoms with E-state index in [1.54, 1.807) is 6.92 Å². The van der Waals surface area contributed by atoms with Gasteiger partial charge >= 0.3 is 0 Å². The summed E-state index contributed by atoms with van der Waals surface area (Å²) in [4.78, 5) is 15.0. The summed E-state index contributed by atoms with van der Waals surface area (Å²) >= 11 is 3.26. The van der Waals surface area contributed by atoms with Crippen LogP contribution in [0.4, 0.5) is 4.39 Å². The van der Waals surface area contributed by atoms with Gasteiger partial charge in [-0.15, -0.1) is 0 Å². The fourth-order valence-electron chi connectivity index (χ4n) is 3.29. The van der Waals surface area contributed by atoms with Crippen LogP contribution in [0.1, 0.15) is 24.1 Å². The highest BCUT2D eigenvalue weighted by molar-refractivity contribution is 9.10. The van der Waals surface area contributed by atoms with E-state index in [0.29, 0.717) is 30.0 Å². The van der Waals surface area contributed by atoms with Crippen LogP contribution in [0.15, 0.2) is 46.9 Å². The van der Waals surface area contributed by atoms with Crippen LogP contribution in [0, 0.1) is 12.7 Å². The summed E-state index contributed by atoms with van der Waals surface area (Å²) in [6.07, 6.45) is -0.708. The maximum absolute atomic E-state index is 13.2. The van der Waals surface area contributed by atoms with E-state index >= 15 is 0 Å². The number of carbonyl (C=O) groups excluding carboxylic acids is 1. The van der Waals surface area contributed by atoms with Crippen LogP contribution in [-0.2, 0) is 9.53 Å². The van der Waals surface area contributed by atoms with Crippen LogP contribution < -0.4 is 10.1 Å². The van der Waals surface area contributed by atoms with Crippen molar-refractivity contribution in [1.82, 2.24) is 10.2 Å². The minimum absolute atomic E-state index is 0.0632. The van der Waals surface area contributed by atoms with E-state index in [-0.39, 0.29) is 17.8 Å². The number of morpholine rings is 1. The fraction of sp³-hybridized carbons (Fsp3) is 0.409. The topological polar surface area (TPSA) is 50.8 Å². The number of carbonyl (C=O) groups is 1. The molecule has 5 nitrogen and oxygen atoms in total. The molecule has 1 aliphatic heterocycles. The Labute approximate surface area is 179 Å². The van der Waals surface area contributed by atoms with Crippen molar-refractivity contribution in [1.29, 1.82) is 0 Å². The maximum atomic E-state index is 13.2. The Balaban J connectivity index is 1.64. The van der Waals surface area contributed by atoms with Crippen molar-refractivity contribution in [3.05, 3.63) is 63.9 Å². The molecular formula is C22H26BrFN2O3. The number of halogens is 2. The number of ether oxygens (including phenoxy) is 2. The molecule has 1 fully saturated rings. The molecule has 0 saturated carbocycles. The molecule has 156 valence electrons. The number of nitrogens with one attached hydrogen (secondary N) is 1. The van der Waals surface area contributed by atoms with Crippen LogP contribution in [0.2, 0.25) is 0 Å². The lowest BCUT2D eigenvalue weighted by Gasteiger charge is -2.35. The summed E-state index contributed by atoms with van der Waals surface area (Å²) in [5.74, 6) is -0.156. The van der Waals surface area contributed by atoms with Crippen LogP contribution in [0.5, 0.6) is 5.75 Å². The third-order valence-electron chi connectivity index (χ3n) is 4.99. The summed E-state index contributed by atoms with van der Waals surface area (Å²) in [5.41, 5.74) is 2.36. The number of nitrogens with zero attached hydrogens (tertiary/aromatic N) is 1. The van der Waals surface area contributed by atoms with Gasteiger partial charge in [0.15, 0.2) is 6.10 Å². The maximum Gasteiger partial charge on any atom is 0.260 e. The highest BCUT2D eigenvalue weighted by Crippen LogP contribution is 2.26. The smallest absolute Gasteiger partial charge is 0.260 e. The van der Waals surface area contributed by atoms with Gasteiger partial charge in [0.25, 0.3) is 5.91 Å². The van der Waals surface area contributed by atoms with Gasteiger partial charge in [-0.05, 0) is 53.5 Å². The predicted molar refractivity (Wildman–Crippen MR) is 114 cm³/mol. The average Bonchev–Trinajstić information content (AvgIpc) is 2.72. The van der Waals surface area contributed by atoms with Crippen molar-refractivity contribution in [3.63, 3.8) is 0 Å². The van der Waals surface area contributed by atoms with E-state index < -0.39 is 6.10 Å². The third kappa shape index (κ3) is 6.01. The van der Waals surface area contributed by atoms with E-state index in [0.717, 1.165) is 18.7 Å². The third-order valence-corrected chi connectivity index (χ3v) is 5.60. The number of aryl methyl sites for hydroxylation is 1. The lowest BCUT2D eigenvalue weighted by molar-refractivity contribution is -0.127. The molecule has 0 spiro atoms. The van der Waals surface area contributed by atoms with Gasteiger partial charge in [0, 0.05) is 19.6 Å². The van der Waals surface area contributed by atoms with Crippen LogP contribution in [0.3, 0.4) is 0 Å². The quantitative estimate of drug-likeness (QED) is 0.675. The molecular weight excluding hydrogens is 439 g/mol. The summed E-state index contributed by atoms with van der Waals surface area (Å²) in [7, 11) is 0. The molecule has 2 aromatic carbocycles. The summed E-state index contributed by atoms with van der Waals surface area (Å²) < 4.78 is 24.9. The van der Waals surface area contributed by atoms with Crippen LogP contribution >= 0.6 is 15.9 Å². The second kappa shape index (κ2) is 10.2.